The molecule has 2 N–H and O–H groups in total. The first-order chi connectivity index (χ1) is 12.6. The largest absolute Gasteiger partial charge is 0.475 e. The Morgan fingerprint density at radius 1 is 1.22 bits per heavy atom. The monoisotopic (exact) mass is 387 g/mol. The number of nitrogens with one attached hydrogen (secondary N) is 2. The van der Waals surface area contributed by atoms with E-state index in [1.165, 1.54) is 6.07 Å². The summed E-state index contributed by atoms with van der Waals surface area (Å²) in [6.07, 6.45) is 4.97. The Bertz CT molecular complexity index is 1100. The summed E-state index contributed by atoms with van der Waals surface area (Å²) in [7, 11) is -1.53. The van der Waals surface area contributed by atoms with E-state index in [0.717, 1.165) is 29.6 Å². The molecule has 0 unspecified atom stereocenters. The number of benzene rings is 1. The first kappa shape index (κ1) is 17.7. The summed E-state index contributed by atoms with van der Waals surface area (Å²) in [4.78, 5) is 17.7. The number of rotatable bonds is 2. The van der Waals surface area contributed by atoms with E-state index in [2.05, 4.69) is 10.3 Å². The number of nitrogens with zero attached hydrogens (tertiary/aromatic N) is 1. The Balaban J connectivity index is 2.00. The van der Waals surface area contributed by atoms with Crippen molar-refractivity contribution in [2.45, 2.75) is 30.9 Å². The fourth-order valence-electron chi connectivity index (χ4n) is 3.38. The van der Waals surface area contributed by atoms with E-state index in [0.29, 0.717) is 17.0 Å². The number of carbonyl (C=O) groups excluding carboxylic acids is 1. The lowest BCUT2D eigenvalue weighted by molar-refractivity contribution is -0.129. The molecule has 1 aromatic carbocycles. The van der Waals surface area contributed by atoms with Gasteiger partial charge in [-0.05, 0) is 32.0 Å². The third-order valence-corrected chi connectivity index (χ3v) is 5.90. The van der Waals surface area contributed by atoms with Crippen molar-refractivity contribution in [3.63, 3.8) is 0 Å². The predicted molar refractivity (Wildman–Crippen MR) is 102 cm³/mol. The van der Waals surface area contributed by atoms with Crippen molar-refractivity contribution in [2.24, 2.45) is 0 Å². The van der Waals surface area contributed by atoms with Gasteiger partial charge >= 0.3 is 0 Å². The summed E-state index contributed by atoms with van der Waals surface area (Å²) in [5, 5.41) is 2.79. The third-order valence-electron chi connectivity index (χ3n) is 4.81. The van der Waals surface area contributed by atoms with Crippen LogP contribution in [0, 0.1) is 0 Å². The highest BCUT2D eigenvalue weighted by molar-refractivity contribution is 7.90. The minimum Gasteiger partial charge on any atom is -0.475 e. The van der Waals surface area contributed by atoms with Crippen LogP contribution in [0.15, 0.2) is 35.5 Å². The molecule has 27 heavy (non-hydrogen) atoms. The van der Waals surface area contributed by atoms with Crippen LogP contribution in [0.4, 0.5) is 5.69 Å². The number of sulfone groups is 1. The van der Waals surface area contributed by atoms with Gasteiger partial charge in [0, 0.05) is 48.1 Å². The standard InChI is InChI=1S/C19H21N3O4S/c1-19(2)18(23)21-15-8-11(27(4,24)25)7-13(17(15)26-19)14-9-22(3)10-16-12(14)5-6-20-16/h5-9,20H,10H2,1-4H3,(H,21,23). The van der Waals surface area contributed by atoms with Crippen LogP contribution in [-0.2, 0) is 21.2 Å². The molecule has 7 nitrogen and oxygen atoms in total. The van der Waals surface area contributed by atoms with Gasteiger partial charge in [-0.2, -0.15) is 0 Å². The molecule has 3 heterocycles. The summed E-state index contributed by atoms with van der Waals surface area (Å²) >= 11 is 0. The molecule has 0 aliphatic carbocycles. The molecule has 0 atom stereocenters. The average Bonchev–Trinajstić information content (AvgIpc) is 3.01. The Labute approximate surface area is 157 Å². The zero-order chi connectivity index (χ0) is 19.6. The maximum Gasteiger partial charge on any atom is 0.268 e. The van der Waals surface area contributed by atoms with Crippen LogP contribution in [0.5, 0.6) is 5.75 Å². The fourth-order valence-corrected chi connectivity index (χ4v) is 4.04. The van der Waals surface area contributed by atoms with Crippen LogP contribution >= 0.6 is 0 Å². The van der Waals surface area contributed by atoms with E-state index in [1.54, 1.807) is 19.9 Å². The second-order valence-corrected chi connectivity index (χ2v) is 9.53. The number of aromatic amines is 1. The Kier molecular flexibility index (Phi) is 3.68. The maximum absolute atomic E-state index is 12.3. The topological polar surface area (TPSA) is 91.5 Å². The summed E-state index contributed by atoms with van der Waals surface area (Å²) in [6.45, 7) is 4.09. The van der Waals surface area contributed by atoms with Crippen LogP contribution in [0.25, 0.3) is 5.57 Å². The van der Waals surface area contributed by atoms with E-state index < -0.39 is 15.4 Å². The molecule has 2 aromatic rings. The number of carbonyl (C=O) groups is 1. The minimum atomic E-state index is -3.48. The Morgan fingerprint density at radius 2 is 1.96 bits per heavy atom. The van der Waals surface area contributed by atoms with Gasteiger partial charge in [0.1, 0.15) is 0 Å². The molecular weight excluding hydrogens is 366 g/mol. The molecule has 1 amide bonds. The third kappa shape index (κ3) is 2.90. The minimum absolute atomic E-state index is 0.131. The molecule has 0 saturated heterocycles. The van der Waals surface area contributed by atoms with Crippen molar-refractivity contribution in [3.8, 4) is 5.75 Å². The molecular formula is C19H21N3O4S. The summed E-state index contributed by atoms with van der Waals surface area (Å²) in [5.74, 6) is 0.157. The van der Waals surface area contributed by atoms with E-state index in [1.807, 2.05) is 30.4 Å². The second kappa shape index (κ2) is 5.63. The molecule has 0 radical (unpaired) electrons. The first-order valence-electron chi connectivity index (χ1n) is 8.54. The molecule has 0 bridgehead atoms. The highest BCUT2D eigenvalue weighted by Crippen LogP contribution is 2.44. The van der Waals surface area contributed by atoms with Gasteiger partial charge in [-0.1, -0.05) is 0 Å². The van der Waals surface area contributed by atoms with Gasteiger partial charge in [0.15, 0.2) is 21.2 Å². The highest BCUT2D eigenvalue weighted by Gasteiger charge is 2.38. The van der Waals surface area contributed by atoms with Crippen molar-refractivity contribution < 1.29 is 17.9 Å². The van der Waals surface area contributed by atoms with Gasteiger partial charge < -0.3 is 19.9 Å². The number of H-pyrrole nitrogens is 1. The summed E-state index contributed by atoms with van der Waals surface area (Å²) < 4.78 is 30.5. The molecule has 0 spiro atoms. The number of hydrogen-bond donors (Lipinski definition) is 2. The number of fused-ring (bicyclic) bond motifs is 2. The number of anilines is 1. The lowest BCUT2D eigenvalue weighted by atomic mass is 9.93. The number of hydrogen-bond acceptors (Lipinski definition) is 5. The zero-order valence-corrected chi connectivity index (χ0v) is 16.4. The van der Waals surface area contributed by atoms with E-state index >= 15 is 0 Å². The lowest BCUT2D eigenvalue weighted by Crippen LogP contribution is -2.46. The van der Waals surface area contributed by atoms with Crippen LogP contribution in [0.1, 0.15) is 30.7 Å². The van der Waals surface area contributed by atoms with Crippen LogP contribution in [-0.4, -0.2) is 43.1 Å². The molecule has 4 rings (SSSR count). The molecule has 8 heteroatoms. The number of ether oxygens (including phenoxy) is 1. The lowest BCUT2D eigenvalue weighted by Gasteiger charge is -2.34. The Morgan fingerprint density at radius 3 is 2.67 bits per heavy atom. The van der Waals surface area contributed by atoms with Crippen molar-refractivity contribution >= 4 is 27.0 Å². The molecule has 1 aromatic heterocycles. The van der Waals surface area contributed by atoms with Gasteiger partial charge in [-0.25, -0.2) is 8.42 Å². The Hall–Kier alpha value is -2.74. The van der Waals surface area contributed by atoms with Crippen molar-refractivity contribution in [1.29, 1.82) is 0 Å². The van der Waals surface area contributed by atoms with Crippen molar-refractivity contribution in [2.75, 3.05) is 18.6 Å². The molecule has 0 fully saturated rings. The van der Waals surface area contributed by atoms with Crippen molar-refractivity contribution in [3.05, 3.63) is 47.4 Å². The average molecular weight is 387 g/mol. The molecule has 2 aliphatic heterocycles. The van der Waals surface area contributed by atoms with Gasteiger partial charge in [0.05, 0.1) is 17.1 Å². The van der Waals surface area contributed by atoms with Crippen molar-refractivity contribution in [1.82, 2.24) is 9.88 Å². The number of amides is 1. The van der Waals surface area contributed by atoms with E-state index in [-0.39, 0.29) is 10.8 Å². The second-order valence-electron chi connectivity index (χ2n) is 7.51. The fraction of sp³-hybridized carbons (Fsp3) is 0.316. The zero-order valence-electron chi connectivity index (χ0n) is 15.6. The van der Waals surface area contributed by atoms with E-state index in [9.17, 15) is 13.2 Å². The highest BCUT2D eigenvalue weighted by atomic mass is 32.2. The SMILES string of the molecule is CN1C=C(c2cc(S(C)(=O)=O)cc3c2OC(C)(C)C(=O)N3)c2cc[nH]c2C1. The molecule has 142 valence electrons. The normalized spacial score (nSPS) is 18.1. The molecule has 2 aliphatic rings. The van der Waals surface area contributed by atoms with Gasteiger partial charge in [-0.3, -0.25) is 4.79 Å². The summed E-state index contributed by atoms with van der Waals surface area (Å²) in [5.41, 5.74) is 2.80. The van der Waals surface area contributed by atoms with Gasteiger partial charge in [0.2, 0.25) is 0 Å². The molecule has 0 saturated carbocycles. The first-order valence-corrected chi connectivity index (χ1v) is 10.4. The summed E-state index contributed by atoms with van der Waals surface area (Å²) in [6, 6.07) is 5.02. The van der Waals surface area contributed by atoms with Gasteiger partial charge in [0.25, 0.3) is 5.91 Å². The van der Waals surface area contributed by atoms with Gasteiger partial charge in [-0.15, -0.1) is 0 Å². The predicted octanol–water partition coefficient (Wildman–Crippen LogP) is 2.36. The smallest absolute Gasteiger partial charge is 0.268 e. The van der Waals surface area contributed by atoms with E-state index in [4.69, 9.17) is 4.74 Å². The maximum atomic E-state index is 12.3. The van der Waals surface area contributed by atoms with Crippen LogP contribution < -0.4 is 10.1 Å². The van der Waals surface area contributed by atoms with Crippen LogP contribution in [0.2, 0.25) is 0 Å². The van der Waals surface area contributed by atoms with Crippen LogP contribution in [0.3, 0.4) is 0 Å². The number of aromatic nitrogens is 1. The quantitative estimate of drug-likeness (QED) is 0.825.